The second-order valence-corrected chi connectivity index (χ2v) is 6.42. The van der Waals surface area contributed by atoms with Crippen LogP contribution in [-0.2, 0) is 23.9 Å². The molecule has 16 heteroatoms. The molecule has 4 N–H and O–H groups in total. The largest absolute Gasteiger partial charge is 0.463 e. The van der Waals surface area contributed by atoms with Crippen LogP contribution in [0.15, 0.2) is 23.0 Å². The van der Waals surface area contributed by atoms with E-state index in [4.69, 9.17) is 12.2 Å². The van der Waals surface area contributed by atoms with Crippen LogP contribution in [-0.4, -0.2) is 60.6 Å². The second kappa shape index (κ2) is 8.64. The molecule has 1 aromatic carbocycles. The molecule has 15 nitrogen and oxygen atoms in total. The summed E-state index contributed by atoms with van der Waals surface area (Å²) < 4.78 is 4.27. The second-order valence-electron chi connectivity index (χ2n) is 6.03. The molecule has 3 rings (SSSR count). The molecule has 0 fully saturated rings. The Morgan fingerprint density at radius 3 is 2.50 bits per heavy atom. The third-order valence-electron chi connectivity index (χ3n) is 4.05. The van der Waals surface area contributed by atoms with Gasteiger partial charge < -0.3 is 9.72 Å². The van der Waals surface area contributed by atoms with Crippen LogP contribution >= 0.6 is 12.2 Å². The number of carbonyl (C=O) groups is 4. The highest BCUT2D eigenvalue weighted by Gasteiger charge is 2.40. The van der Waals surface area contributed by atoms with Gasteiger partial charge in [0.2, 0.25) is 16.5 Å². The molecule has 0 aliphatic rings. The first-order chi connectivity index (χ1) is 15.1. The van der Waals surface area contributed by atoms with Crippen molar-refractivity contribution < 1.29 is 28.8 Å². The molecule has 0 aliphatic heterocycles. The summed E-state index contributed by atoms with van der Waals surface area (Å²) in [5.74, 6) is -8.46. The number of nitro groups is 1. The molecule has 2 aromatic heterocycles. The van der Waals surface area contributed by atoms with E-state index in [1.807, 2.05) is 5.32 Å². The van der Waals surface area contributed by atoms with E-state index in [1.54, 1.807) is 0 Å². The maximum Gasteiger partial charge on any atom is 0.375 e. The fraction of sp³-hybridized carbons (Fsp3) is 0.125. The number of H-pyrrole nitrogens is 3. The molecular formula is C16H11N7O8S. The van der Waals surface area contributed by atoms with E-state index in [9.17, 15) is 34.1 Å². The summed E-state index contributed by atoms with van der Waals surface area (Å²) in [6.45, 7) is 0. The maximum atomic E-state index is 12.7. The van der Waals surface area contributed by atoms with Gasteiger partial charge in [0.1, 0.15) is 11.6 Å². The summed E-state index contributed by atoms with van der Waals surface area (Å²) >= 11 is 4.71. The number of anilines is 1. The molecule has 0 unspecified atom stereocenters. The SMILES string of the molecule is COC(=O)C(=O)[C@H](C(=O)C(=O)Nc1nc(=S)[nH][nH]1)c1nc2ccc([N+](=O)[O-])cc2[nH]c1=O. The van der Waals surface area contributed by atoms with Crippen LogP contribution in [0.3, 0.4) is 0 Å². The molecule has 2 heterocycles. The van der Waals surface area contributed by atoms with Crippen molar-refractivity contribution in [2.24, 2.45) is 0 Å². The molecular weight excluding hydrogens is 450 g/mol. The predicted molar refractivity (Wildman–Crippen MR) is 106 cm³/mol. The number of ketones is 2. The van der Waals surface area contributed by atoms with Crippen molar-refractivity contribution in [2.45, 2.75) is 5.92 Å². The highest BCUT2D eigenvalue weighted by atomic mass is 32.1. The molecule has 164 valence electrons. The average Bonchev–Trinajstić information content (AvgIpc) is 3.17. The monoisotopic (exact) mass is 461 g/mol. The van der Waals surface area contributed by atoms with Crippen molar-refractivity contribution in [1.29, 1.82) is 0 Å². The van der Waals surface area contributed by atoms with Gasteiger partial charge in [-0.15, -0.1) is 0 Å². The van der Waals surface area contributed by atoms with E-state index < -0.39 is 45.5 Å². The van der Waals surface area contributed by atoms with Gasteiger partial charge in [0.05, 0.1) is 23.1 Å². The van der Waals surface area contributed by atoms with E-state index in [0.717, 1.165) is 25.3 Å². The van der Waals surface area contributed by atoms with Crippen LogP contribution in [0.2, 0.25) is 0 Å². The number of carbonyl (C=O) groups excluding carboxylic acids is 4. The van der Waals surface area contributed by atoms with Crippen molar-refractivity contribution >= 4 is 58.3 Å². The van der Waals surface area contributed by atoms with Gasteiger partial charge in [0.15, 0.2) is 0 Å². The van der Waals surface area contributed by atoms with Crippen LogP contribution < -0.4 is 10.9 Å². The van der Waals surface area contributed by atoms with Gasteiger partial charge in [-0.2, -0.15) is 4.98 Å². The fourth-order valence-electron chi connectivity index (χ4n) is 2.61. The van der Waals surface area contributed by atoms with Crippen molar-refractivity contribution in [2.75, 3.05) is 12.4 Å². The number of aromatic amines is 3. The van der Waals surface area contributed by atoms with E-state index in [1.165, 1.54) is 0 Å². The van der Waals surface area contributed by atoms with Crippen molar-refractivity contribution in [3.8, 4) is 0 Å². The van der Waals surface area contributed by atoms with Crippen molar-refractivity contribution in [3.05, 3.63) is 49.1 Å². The fourth-order valence-corrected chi connectivity index (χ4v) is 2.76. The Morgan fingerprint density at radius 2 is 1.91 bits per heavy atom. The maximum absolute atomic E-state index is 12.7. The van der Waals surface area contributed by atoms with Gasteiger partial charge in [0.25, 0.3) is 22.9 Å². The lowest BCUT2D eigenvalue weighted by Gasteiger charge is -2.12. The first-order valence-corrected chi connectivity index (χ1v) is 8.83. The number of hydrogen-bond donors (Lipinski definition) is 4. The number of nitrogens with zero attached hydrogens (tertiary/aromatic N) is 3. The average molecular weight is 461 g/mol. The Bertz CT molecular complexity index is 1410. The molecule has 3 aromatic rings. The Morgan fingerprint density at radius 1 is 1.19 bits per heavy atom. The third-order valence-corrected chi connectivity index (χ3v) is 4.25. The minimum absolute atomic E-state index is 0.0440. The molecule has 1 atom stereocenters. The topological polar surface area (TPSA) is 223 Å². The molecule has 0 radical (unpaired) electrons. The molecule has 0 saturated heterocycles. The summed E-state index contributed by atoms with van der Waals surface area (Å²) in [4.78, 5) is 81.9. The number of nitrogens with one attached hydrogen (secondary N) is 4. The number of hydrogen-bond acceptors (Lipinski definition) is 11. The van der Waals surface area contributed by atoms with Crippen LogP contribution in [0.4, 0.5) is 11.6 Å². The number of amides is 1. The molecule has 0 bridgehead atoms. The molecule has 32 heavy (non-hydrogen) atoms. The smallest absolute Gasteiger partial charge is 0.375 e. The van der Waals surface area contributed by atoms with Gasteiger partial charge in [0, 0.05) is 12.1 Å². The molecule has 0 spiro atoms. The zero-order valence-corrected chi connectivity index (χ0v) is 16.6. The van der Waals surface area contributed by atoms with Crippen LogP contribution in [0.25, 0.3) is 11.0 Å². The summed E-state index contributed by atoms with van der Waals surface area (Å²) in [5.41, 5.74) is -2.37. The zero-order valence-electron chi connectivity index (χ0n) is 15.8. The number of aromatic nitrogens is 5. The number of nitro benzene ring substituents is 1. The van der Waals surface area contributed by atoms with Crippen LogP contribution in [0, 0.1) is 14.9 Å². The third kappa shape index (κ3) is 4.29. The van der Waals surface area contributed by atoms with Crippen LogP contribution in [0.1, 0.15) is 11.6 Å². The van der Waals surface area contributed by atoms with E-state index in [0.29, 0.717) is 0 Å². The summed E-state index contributed by atoms with van der Waals surface area (Å²) in [6.07, 6.45) is 0. The van der Waals surface area contributed by atoms with Crippen molar-refractivity contribution in [3.63, 3.8) is 0 Å². The summed E-state index contributed by atoms with van der Waals surface area (Å²) in [6, 6.07) is 3.24. The van der Waals surface area contributed by atoms with Gasteiger partial charge in [-0.1, -0.05) is 0 Å². The van der Waals surface area contributed by atoms with Gasteiger partial charge in [-0.25, -0.2) is 9.78 Å². The number of fused-ring (bicyclic) bond motifs is 1. The highest BCUT2D eigenvalue weighted by Crippen LogP contribution is 2.20. The Labute approximate surface area is 180 Å². The lowest BCUT2D eigenvalue weighted by Crippen LogP contribution is -2.39. The first-order valence-electron chi connectivity index (χ1n) is 8.42. The van der Waals surface area contributed by atoms with E-state index >= 15 is 0 Å². The number of Topliss-reactive ketones (excluding diaryl/α,β-unsaturated/α-hetero) is 2. The van der Waals surface area contributed by atoms with E-state index in [2.05, 4.69) is 29.9 Å². The van der Waals surface area contributed by atoms with Crippen LogP contribution in [0.5, 0.6) is 0 Å². The minimum atomic E-state index is -2.26. The molecule has 0 aliphatic carbocycles. The molecule has 0 saturated carbocycles. The Kier molecular flexibility index (Phi) is 5.97. The van der Waals surface area contributed by atoms with Gasteiger partial charge in [-0.3, -0.25) is 44.8 Å². The number of ether oxygens (including phenoxy) is 1. The Hall–Kier alpha value is -4.60. The van der Waals surface area contributed by atoms with E-state index in [-0.39, 0.29) is 27.4 Å². The number of esters is 1. The highest BCUT2D eigenvalue weighted by molar-refractivity contribution is 7.71. The normalized spacial score (nSPS) is 11.5. The standard InChI is InChI=1S/C16H11N7O8S/c1-31-14(28)11(25)8(10(24)13(27)19-15-20-16(32)22-21-15)9-12(26)18-7-4-5(23(29)30)2-3-6(7)17-9/h2-4,8H,1H3,(H,18,26)(H3,19,20,21,22,27,32)/t8-/m0/s1. The number of benzene rings is 1. The number of non-ortho nitro benzene ring substituents is 1. The Balaban J connectivity index is 2.08. The predicted octanol–water partition coefficient (Wildman–Crippen LogP) is -0.355. The number of methoxy groups -OCH3 is 1. The summed E-state index contributed by atoms with van der Waals surface area (Å²) in [5, 5.41) is 17.6. The lowest BCUT2D eigenvalue weighted by atomic mass is 9.94. The van der Waals surface area contributed by atoms with Crippen molar-refractivity contribution in [1.82, 2.24) is 25.1 Å². The van der Waals surface area contributed by atoms with Gasteiger partial charge in [-0.05, 0) is 18.3 Å². The lowest BCUT2D eigenvalue weighted by molar-refractivity contribution is -0.384. The number of rotatable bonds is 7. The minimum Gasteiger partial charge on any atom is -0.463 e. The first kappa shape index (κ1) is 22.1. The zero-order chi connectivity index (χ0) is 23.6. The quantitative estimate of drug-likeness (QED) is 0.0888. The van der Waals surface area contributed by atoms with Gasteiger partial charge >= 0.3 is 5.97 Å². The molecule has 1 amide bonds. The summed E-state index contributed by atoms with van der Waals surface area (Å²) in [7, 11) is 0.864.